The van der Waals surface area contributed by atoms with Gasteiger partial charge in [-0.3, -0.25) is 9.69 Å². The zero-order valence-electron chi connectivity index (χ0n) is 12.7. The molecule has 0 saturated heterocycles. The summed E-state index contributed by atoms with van der Waals surface area (Å²) < 4.78 is 36.6. The number of alkyl halides is 3. The summed E-state index contributed by atoms with van der Waals surface area (Å²) in [7, 11) is 5.10. The Hall–Kier alpha value is -1.80. The topological polar surface area (TPSA) is 55.8 Å². The molecule has 8 heteroatoms. The van der Waals surface area contributed by atoms with Gasteiger partial charge in [0.15, 0.2) is 6.10 Å². The molecule has 0 aliphatic heterocycles. The molecule has 1 atom stereocenters. The lowest BCUT2D eigenvalue weighted by Crippen LogP contribution is -2.42. The lowest BCUT2D eigenvalue weighted by atomic mass is 10.2. The molecule has 5 nitrogen and oxygen atoms in total. The molecule has 1 aromatic rings. The molecule has 0 aliphatic rings. The zero-order chi connectivity index (χ0) is 16.9. The van der Waals surface area contributed by atoms with Gasteiger partial charge >= 0.3 is 6.18 Å². The molecule has 0 spiro atoms. The molecule has 0 bridgehead atoms. The highest BCUT2D eigenvalue weighted by Crippen LogP contribution is 2.20. The van der Waals surface area contributed by atoms with Crippen LogP contribution in [0.1, 0.15) is 0 Å². The Morgan fingerprint density at radius 1 is 1.23 bits per heavy atom. The van der Waals surface area contributed by atoms with Crippen LogP contribution in [0.3, 0.4) is 0 Å². The van der Waals surface area contributed by atoms with Gasteiger partial charge < -0.3 is 15.3 Å². The Morgan fingerprint density at radius 3 is 2.23 bits per heavy atom. The smallest absolute Gasteiger partial charge is 0.382 e. The van der Waals surface area contributed by atoms with Crippen LogP contribution in [0.5, 0.6) is 0 Å². The van der Waals surface area contributed by atoms with Crippen molar-refractivity contribution in [2.45, 2.75) is 12.3 Å². The number of carbonyl (C=O) groups excluding carboxylic acids is 1. The monoisotopic (exact) mass is 319 g/mol. The Bertz CT molecular complexity index is 489. The minimum atomic E-state index is -4.69. The molecule has 1 amide bonds. The highest BCUT2D eigenvalue weighted by Gasteiger charge is 2.38. The number of anilines is 2. The summed E-state index contributed by atoms with van der Waals surface area (Å²) >= 11 is 0. The van der Waals surface area contributed by atoms with E-state index in [-0.39, 0.29) is 6.54 Å². The molecule has 0 aliphatic carbocycles. The number of halogens is 3. The van der Waals surface area contributed by atoms with Crippen LogP contribution in [0.4, 0.5) is 24.5 Å². The number of carbonyl (C=O) groups is 1. The lowest BCUT2D eigenvalue weighted by molar-refractivity contribution is -0.207. The zero-order valence-corrected chi connectivity index (χ0v) is 12.7. The first-order valence-corrected chi connectivity index (χ1v) is 6.60. The van der Waals surface area contributed by atoms with Crippen molar-refractivity contribution < 1.29 is 23.1 Å². The number of benzene rings is 1. The largest absolute Gasteiger partial charge is 0.415 e. The number of amides is 1. The van der Waals surface area contributed by atoms with Gasteiger partial charge in [0.05, 0.1) is 6.54 Å². The van der Waals surface area contributed by atoms with Gasteiger partial charge in [0, 0.05) is 32.0 Å². The number of aliphatic hydroxyl groups is 1. The van der Waals surface area contributed by atoms with Gasteiger partial charge in [0.1, 0.15) is 0 Å². The van der Waals surface area contributed by atoms with Crippen molar-refractivity contribution in [2.75, 3.05) is 44.4 Å². The summed E-state index contributed by atoms with van der Waals surface area (Å²) in [5, 5.41) is 11.5. The Kier molecular flexibility index (Phi) is 6.19. The van der Waals surface area contributed by atoms with Gasteiger partial charge in [-0.1, -0.05) is 0 Å². The van der Waals surface area contributed by atoms with E-state index < -0.39 is 24.7 Å². The molecular formula is C14H20F3N3O2. The fraction of sp³-hybridized carbons (Fsp3) is 0.500. The second-order valence-electron chi connectivity index (χ2n) is 5.24. The fourth-order valence-corrected chi connectivity index (χ4v) is 1.75. The van der Waals surface area contributed by atoms with Crippen LogP contribution in [0.25, 0.3) is 0 Å². The number of hydrogen-bond acceptors (Lipinski definition) is 4. The van der Waals surface area contributed by atoms with Crippen LogP contribution in [0.15, 0.2) is 24.3 Å². The van der Waals surface area contributed by atoms with E-state index in [4.69, 9.17) is 5.11 Å². The molecule has 1 rings (SSSR count). The fourth-order valence-electron chi connectivity index (χ4n) is 1.75. The van der Waals surface area contributed by atoms with Crippen molar-refractivity contribution in [1.82, 2.24) is 4.90 Å². The molecule has 2 N–H and O–H groups in total. The Labute approximate surface area is 127 Å². The van der Waals surface area contributed by atoms with Crippen LogP contribution in [-0.2, 0) is 4.79 Å². The first-order valence-electron chi connectivity index (χ1n) is 6.60. The quantitative estimate of drug-likeness (QED) is 0.835. The van der Waals surface area contributed by atoms with Crippen molar-refractivity contribution in [3.8, 4) is 0 Å². The molecule has 0 aromatic heterocycles. The standard InChI is InChI=1S/C14H20F3N3O2/c1-19(2)11-6-4-10(5-7-11)18-13(22)9-20(3)8-12(21)14(15,16)17/h4-7,12,21H,8-9H2,1-3H3,(H,18,22). The first kappa shape index (κ1) is 18.2. The van der Waals surface area contributed by atoms with Crippen LogP contribution < -0.4 is 10.2 Å². The van der Waals surface area contributed by atoms with Gasteiger partial charge in [-0.15, -0.1) is 0 Å². The van der Waals surface area contributed by atoms with Crippen molar-refractivity contribution in [3.05, 3.63) is 24.3 Å². The van der Waals surface area contributed by atoms with Crippen LogP contribution in [0.2, 0.25) is 0 Å². The normalized spacial score (nSPS) is 13.1. The Balaban J connectivity index is 2.48. The maximum Gasteiger partial charge on any atom is 0.415 e. The van der Waals surface area contributed by atoms with Crippen molar-refractivity contribution in [1.29, 1.82) is 0 Å². The molecule has 0 saturated carbocycles. The molecule has 0 heterocycles. The van der Waals surface area contributed by atoms with Crippen LogP contribution in [0, 0.1) is 0 Å². The minimum absolute atomic E-state index is 0.247. The van der Waals surface area contributed by atoms with Gasteiger partial charge in [0.25, 0.3) is 0 Å². The molecule has 0 radical (unpaired) electrons. The number of aliphatic hydroxyl groups excluding tert-OH is 1. The van der Waals surface area contributed by atoms with Crippen LogP contribution in [-0.4, -0.2) is 62.4 Å². The molecule has 124 valence electrons. The lowest BCUT2D eigenvalue weighted by Gasteiger charge is -2.21. The predicted octanol–water partition coefficient (Wildman–Crippen LogP) is 1.55. The first-order chi connectivity index (χ1) is 10.1. The predicted molar refractivity (Wildman–Crippen MR) is 79.0 cm³/mol. The summed E-state index contributed by atoms with van der Waals surface area (Å²) in [4.78, 5) is 14.8. The number of hydrogen-bond donors (Lipinski definition) is 2. The van der Waals surface area contributed by atoms with Gasteiger partial charge in [0.2, 0.25) is 5.91 Å². The van der Waals surface area contributed by atoms with E-state index in [9.17, 15) is 18.0 Å². The summed E-state index contributed by atoms with van der Waals surface area (Å²) in [5.41, 5.74) is 1.52. The average molecular weight is 319 g/mol. The third-order valence-corrected chi connectivity index (χ3v) is 2.94. The second-order valence-corrected chi connectivity index (χ2v) is 5.24. The molecule has 1 aromatic carbocycles. The van der Waals surface area contributed by atoms with E-state index in [2.05, 4.69) is 5.32 Å². The van der Waals surface area contributed by atoms with Crippen LogP contribution >= 0.6 is 0 Å². The molecular weight excluding hydrogens is 299 g/mol. The average Bonchev–Trinajstić information content (AvgIpc) is 2.37. The van der Waals surface area contributed by atoms with Crippen molar-refractivity contribution in [2.24, 2.45) is 0 Å². The summed E-state index contributed by atoms with van der Waals surface area (Å²) in [5.74, 6) is -0.450. The third kappa shape index (κ3) is 5.90. The molecule has 1 unspecified atom stereocenters. The highest BCUT2D eigenvalue weighted by atomic mass is 19.4. The summed E-state index contributed by atoms with van der Waals surface area (Å²) in [6.45, 7) is -0.904. The minimum Gasteiger partial charge on any atom is -0.382 e. The van der Waals surface area contributed by atoms with E-state index in [1.807, 2.05) is 31.1 Å². The number of rotatable bonds is 6. The molecule has 0 fully saturated rings. The highest BCUT2D eigenvalue weighted by molar-refractivity contribution is 5.92. The van der Waals surface area contributed by atoms with Gasteiger partial charge in [-0.05, 0) is 31.3 Å². The van der Waals surface area contributed by atoms with Gasteiger partial charge in [-0.25, -0.2) is 0 Å². The van der Waals surface area contributed by atoms with E-state index >= 15 is 0 Å². The number of likely N-dealkylation sites (N-methyl/N-ethyl adjacent to an activating group) is 1. The number of nitrogens with zero attached hydrogens (tertiary/aromatic N) is 2. The second kappa shape index (κ2) is 7.46. The Morgan fingerprint density at radius 2 is 1.77 bits per heavy atom. The SMILES string of the molecule is CN(CC(=O)Nc1ccc(N(C)C)cc1)CC(O)C(F)(F)F. The molecule has 22 heavy (non-hydrogen) atoms. The van der Waals surface area contributed by atoms with E-state index in [0.29, 0.717) is 5.69 Å². The number of nitrogens with one attached hydrogen (secondary N) is 1. The van der Waals surface area contributed by atoms with Gasteiger partial charge in [-0.2, -0.15) is 13.2 Å². The van der Waals surface area contributed by atoms with E-state index in [1.54, 1.807) is 12.1 Å². The third-order valence-electron chi connectivity index (χ3n) is 2.94. The van der Waals surface area contributed by atoms with E-state index in [1.165, 1.54) is 7.05 Å². The maximum atomic E-state index is 12.2. The van der Waals surface area contributed by atoms with E-state index in [0.717, 1.165) is 10.6 Å². The summed E-state index contributed by atoms with van der Waals surface area (Å²) in [6.07, 6.45) is -7.16. The summed E-state index contributed by atoms with van der Waals surface area (Å²) in [6, 6.07) is 7.04. The van der Waals surface area contributed by atoms with Crippen molar-refractivity contribution in [3.63, 3.8) is 0 Å². The maximum absolute atomic E-state index is 12.2. The van der Waals surface area contributed by atoms with Crippen molar-refractivity contribution >= 4 is 17.3 Å².